The summed E-state index contributed by atoms with van der Waals surface area (Å²) >= 11 is 0. The smallest absolute Gasteiger partial charge is 0.0907 e. The molecular weight excluding hydrogens is 270 g/mol. The van der Waals surface area contributed by atoms with Crippen molar-refractivity contribution in [1.29, 1.82) is 0 Å². The molecule has 4 aliphatic heterocycles. The highest BCUT2D eigenvalue weighted by Gasteiger charge is 2.56. The van der Waals surface area contributed by atoms with Crippen LogP contribution in [0.3, 0.4) is 0 Å². The lowest BCUT2D eigenvalue weighted by molar-refractivity contribution is -0.194. The fourth-order valence-electron chi connectivity index (χ4n) is 5.98. The number of hydrogen-bond donors (Lipinski definition) is 0. The third-order valence-electron chi connectivity index (χ3n) is 6.09. The summed E-state index contributed by atoms with van der Waals surface area (Å²) in [5, 5.41) is 1.43. The maximum Gasteiger partial charge on any atom is 0.0907 e. The van der Waals surface area contributed by atoms with Crippen LogP contribution in [-0.4, -0.2) is 40.5 Å². The van der Waals surface area contributed by atoms with Gasteiger partial charge in [0.25, 0.3) is 0 Å². The van der Waals surface area contributed by atoms with E-state index in [9.17, 15) is 0 Å². The summed E-state index contributed by atoms with van der Waals surface area (Å²) in [6.07, 6.45) is 4.24. The van der Waals surface area contributed by atoms with Crippen LogP contribution in [0.15, 0.2) is 30.5 Å². The maximum atomic E-state index is 2.75. The Kier molecular flexibility index (Phi) is 2.36. The van der Waals surface area contributed by atoms with Gasteiger partial charge in [-0.25, -0.2) is 0 Å². The Labute approximate surface area is 132 Å². The first-order chi connectivity index (χ1) is 10.5. The van der Waals surface area contributed by atoms with E-state index in [-0.39, 0.29) is 0 Å². The van der Waals surface area contributed by atoms with Crippen molar-refractivity contribution < 1.29 is 0 Å². The maximum absolute atomic E-state index is 2.75. The third-order valence-corrected chi connectivity index (χ3v) is 6.09. The zero-order valence-corrected chi connectivity index (χ0v) is 13.8. The van der Waals surface area contributed by atoms with Crippen molar-refractivity contribution in [2.75, 3.05) is 26.2 Å². The van der Waals surface area contributed by atoms with E-state index >= 15 is 0 Å². The molecule has 5 heterocycles. The largest absolute Gasteiger partial charge is 0.350 e. The quantitative estimate of drug-likeness (QED) is 0.800. The van der Waals surface area contributed by atoms with Crippen LogP contribution >= 0.6 is 0 Å². The van der Waals surface area contributed by atoms with Crippen LogP contribution in [-0.2, 0) is 7.05 Å². The molecule has 2 aromatic rings. The van der Waals surface area contributed by atoms with Gasteiger partial charge in [-0.2, -0.15) is 0 Å². The van der Waals surface area contributed by atoms with Crippen molar-refractivity contribution in [3.05, 3.63) is 36.0 Å². The molecule has 4 bridgehead atoms. The van der Waals surface area contributed by atoms with E-state index in [0.29, 0.717) is 17.0 Å². The van der Waals surface area contributed by atoms with Crippen LogP contribution in [0.1, 0.15) is 32.0 Å². The second-order valence-corrected chi connectivity index (χ2v) is 8.69. The minimum absolute atomic E-state index is 0.479. The molecule has 116 valence electrons. The molecule has 4 fully saturated rings. The number of aryl methyl sites for hydroxylation is 1. The fraction of sp³-hybridized carbons (Fsp3) is 0.579. The SMILES string of the molecule is Cn1cc(C2N3CC4(C)CN2CC(C)(C3)C4)c2ccccc21. The first kappa shape index (κ1) is 13.1. The third kappa shape index (κ3) is 1.64. The number of fused-ring (bicyclic) bond motifs is 1. The van der Waals surface area contributed by atoms with Crippen molar-refractivity contribution in [1.82, 2.24) is 14.4 Å². The second kappa shape index (κ2) is 3.95. The van der Waals surface area contributed by atoms with E-state index in [4.69, 9.17) is 0 Å². The van der Waals surface area contributed by atoms with Gasteiger partial charge in [-0.15, -0.1) is 0 Å². The fourth-order valence-corrected chi connectivity index (χ4v) is 5.98. The van der Waals surface area contributed by atoms with Gasteiger partial charge in [0.1, 0.15) is 0 Å². The average molecular weight is 295 g/mol. The predicted octanol–water partition coefficient (Wildman–Crippen LogP) is 3.22. The lowest BCUT2D eigenvalue weighted by Gasteiger charge is -2.66. The molecule has 3 nitrogen and oxygen atoms in total. The molecule has 3 heteroatoms. The van der Waals surface area contributed by atoms with Crippen molar-refractivity contribution >= 4 is 10.9 Å². The van der Waals surface area contributed by atoms with E-state index in [1.165, 1.54) is 49.1 Å². The summed E-state index contributed by atoms with van der Waals surface area (Å²) in [6, 6.07) is 8.85. The Balaban J connectivity index is 1.64. The second-order valence-electron chi connectivity index (χ2n) is 8.69. The number of benzene rings is 1. The Morgan fingerprint density at radius 1 is 0.955 bits per heavy atom. The number of para-hydroxylation sites is 1. The topological polar surface area (TPSA) is 11.4 Å². The van der Waals surface area contributed by atoms with Crippen LogP contribution in [0.5, 0.6) is 0 Å². The summed E-state index contributed by atoms with van der Waals surface area (Å²) < 4.78 is 2.29. The van der Waals surface area contributed by atoms with Gasteiger partial charge in [-0.3, -0.25) is 9.80 Å². The normalized spacial score (nSPS) is 43.1. The molecule has 22 heavy (non-hydrogen) atoms. The van der Waals surface area contributed by atoms with Crippen LogP contribution in [0.2, 0.25) is 0 Å². The zero-order chi connectivity index (χ0) is 15.1. The van der Waals surface area contributed by atoms with E-state index in [1.54, 1.807) is 0 Å². The highest BCUT2D eigenvalue weighted by atomic mass is 15.4. The summed E-state index contributed by atoms with van der Waals surface area (Å²) in [5.41, 5.74) is 3.84. The summed E-state index contributed by atoms with van der Waals surface area (Å²) in [7, 11) is 2.18. The van der Waals surface area contributed by atoms with Gasteiger partial charge in [0.05, 0.1) is 6.17 Å². The molecule has 4 aliphatic rings. The van der Waals surface area contributed by atoms with Crippen molar-refractivity contribution in [3.8, 4) is 0 Å². The molecule has 0 amide bonds. The van der Waals surface area contributed by atoms with Gasteiger partial charge < -0.3 is 4.57 Å². The van der Waals surface area contributed by atoms with Crippen LogP contribution < -0.4 is 0 Å². The molecule has 0 saturated carbocycles. The summed E-state index contributed by atoms with van der Waals surface area (Å²) in [6.45, 7) is 10.0. The molecule has 4 saturated heterocycles. The minimum atomic E-state index is 0.479. The molecule has 0 spiro atoms. The van der Waals surface area contributed by atoms with Crippen molar-refractivity contribution in [2.24, 2.45) is 17.9 Å². The lowest BCUT2D eigenvalue weighted by Crippen LogP contribution is -2.70. The van der Waals surface area contributed by atoms with E-state index < -0.39 is 0 Å². The number of nitrogens with zero attached hydrogens (tertiary/aromatic N) is 3. The molecule has 1 aromatic heterocycles. The average Bonchev–Trinajstić information content (AvgIpc) is 2.73. The highest BCUT2D eigenvalue weighted by molar-refractivity contribution is 5.84. The van der Waals surface area contributed by atoms with Gasteiger partial charge in [0.15, 0.2) is 0 Å². The van der Waals surface area contributed by atoms with Crippen molar-refractivity contribution in [2.45, 2.75) is 26.4 Å². The van der Waals surface area contributed by atoms with Gasteiger partial charge in [-0.1, -0.05) is 32.0 Å². The van der Waals surface area contributed by atoms with Crippen LogP contribution in [0, 0.1) is 10.8 Å². The Morgan fingerprint density at radius 2 is 1.55 bits per heavy atom. The van der Waals surface area contributed by atoms with Gasteiger partial charge in [-0.05, 0) is 23.3 Å². The predicted molar refractivity (Wildman–Crippen MR) is 89.6 cm³/mol. The number of aromatic nitrogens is 1. The Hall–Kier alpha value is -1.32. The molecular formula is C19H25N3. The molecule has 6 rings (SSSR count). The van der Waals surface area contributed by atoms with Gasteiger partial charge in [0, 0.05) is 55.9 Å². The number of piperidine rings is 2. The van der Waals surface area contributed by atoms with E-state index in [0.717, 1.165) is 0 Å². The number of hydrogen-bond acceptors (Lipinski definition) is 2. The Morgan fingerprint density at radius 3 is 2.18 bits per heavy atom. The van der Waals surface area contributed by atoms with Crippen molar-refractivity contribution in [3.63, 3.8) is 0 Å². The number of rotatable bonds is 1. The molecule has 0 unspecified atom stereocenters. The summed E-state index contributed by atoms with van der Waals surface area (Å²) in [4.78, 5) is 5.50. The molecule has 0 N–H and O–H groups in total. The van der Waals surface area contributed by atoms with Gasteiger partial charge in [0.2, 0.25) is 0 Å². The first-order valence-corrected chi connectivity index (χ1v) is 8.49. The van der Waals surface area contributed by atoms with E-state index in [1.807, 2.05) is 0 Å². The molecule has 0 atom stereocenters. The standard InChI is InChI=1S/C19H25N3/c1-18-9-19(2)12-21(10-18)17(22(11-18)13-19)15-8-20(3)16-7-5-4-6-14(15)16/h4-8,17H,9-13H2,1-3H3. The zero-order valence-electron chi connectivity index (χ0n) is 13.8. The van der Waals surface area contributed by atoms with E-state index in [2.05, 4.69) is 65.7 Å². The molecule has 0 radical (unpaired) electrons. The van der Waals surface area contributed by atoms with Gasteiger partial charge >= 0.3 is 0 Å². The highest BCUT2D eigenvalue weighted by Crippen LogP contribution is 2.54. The first-order valence-electron chi connectivity index (χ1n) is 8.49. The Bertz CT molecular complexity index is 723. The molecule has 1 aromatic carbocycles. The summed E-state index contributed by atoms with van der Waals surface area (Å²) in [5.74, 6) is 0. The van der Waals surface area contributed by atoms with Crippen LogP contribution in [0.25, 0.3) is 10.9 Å². The minimum Gasteiger partial charge on any atom is -0.350 e. The monoisotopic (exact) mass is 295 g/mol. The molecule has 0 aliphatic carbocycles. The lowest BCUT2D eigenvalue weighted by atomic mass is 9.63. The van der Waals surface area contributed by atoms with Crippen LogP contribution in [0.4, 0.5) is 0 Å².